The summed E-state index contributed by atoms with van der Waals surface area (Å²) < 4.78 is 37.8. The Morgan fingerprint density at radius 1 is 0.623 bits per heavy atom. The van der Waals surface area contributed by atoms with E-state index in [9.17, 15) is 28.8 Å². The summed E-state index contributed by atoms with van der Waals surface area (Å²) in [6.07, 6.45) is 16.0. The average Bonchev–Trinajstić information content (AvgIpc) is 3.20. The standard InChI is InChI=1S/C23H24O4.2C19H16O4.C3H5Br/c1-13(2)9-10-22-20(25)14-11-16-19(24)15-7-5-6-8-17(15)26-23(16,22)18(12-14)21(3,4)27-22;1-2-7-18-13-8-14-16(20)12-5-3-4-6-15(12)23-19(14,17(18)21)9-11(13)10-22-18;1-2-7-18-17(21)11-8-12(10-22-18)19(18)14(9-11)16(20)13-5-3-4-6-15(13)23-19;1-2-3-4/h5-9,11,14,18H,10,12H2,1-4H3;2-6,8,11,13H,1,7,9-10H2;2-6,9,11-12H,1,7-8,10H2;2H,1,3H2. The van der Waals surface area contributed by atoms with Crippen LogP contribution < -0.4 is 14.2 Å². The molecule has 18 rings (SSSR count). The largest absolute Gasteiger partial charge is 0.478 e. The SMILES string of the molecule is C=CCBr.C=CCC12OCC3CC(C=C4C(=O)c5ccccc5OC431)C2=O.C=CCC12OCC3CC4(Oc5ccccc5C(=O)C4=CC31)C2=O.CC(C)=CCC12OC(C)(C)C3CC(C=C4C(=O)c5ccccc5OC431)C2=O. The van der Waals surface area contributed by atoms with Gasteiger partial charge in [0.25, 0.3) is 0 Å². The van der Waals surface area contributed by atoms with E-state index < -0.39 is 39.2 Å². The molecule has 12 atom stereocenters. The van der Waals surface area contributed by atoms with Crippen molar-refractivity contribution in [3.05, 3.63) is 174 Å². The van der Waals surface area contributed by atoms with Crippen LogP contribution in [0.25, 0.3) is 0 Å². The first-order valence-electron chi connectivity index (χ1n) is 26.7. The van der Waals surface area contributed by atoms with Crippen molar-refractivity contribution in [1.82, 2.24) is 0 Å². The van der Waals surface area contributed by atoms with Gasteiger partial charge in [-0.3, -0.25) is 28.8 Å². The smallest absolute Gasteiger partial charge is 0.213 e. The van der Waals surface area contributed by atoms with Gasteiger partial charge in [-0.05, 0) is 82.9 Å². The number of carbonyl (C=O) groups excluding carboxylic acids is 6. The van der Waals surface area contributed by atoms with Gasteiger partial charge in [0, 0.05) is 77.3 Å². The lowest BCUT2D eigenvalue weighted by Crippen LogP contribution is -2.72. The number of halogens is 1. The van der Waals surface area contributed by atoms with E-state index in [-0.39, 0.29) is 70.2 Å². The van der Waals surface area contributed by atoms with Gasteiger partial charge in [0.1, 0.15) is 22.8 Å². The summed E-state index contributed by atoms with van der Waals surface area (Å²) in [5.74, 6) is 1.05. The molecule has 0 aromatic heterocycles. The van der Waals surface area contributed by atoms with E-state index in [1.807, 2.05) is 94.5 Å². The lowest BCUT2D eigenvalue weighted by atomic mass is 9.51. The van der Waals surface area contributed by atoms with E-state index in [0.29, 0.717) is 102 Å². The second-order valence-corrected chi connectivity index (χ2v) is 23.7. The maximum atomic E-state index is 13.5. The van der Waals surface area contributed by atoms with Gasteiger partial charge < -0.3 is 28.4 Å². The number of allylic oxidation sites excluding steroid dienone is 4. The van der Waals surface area contributed by atoms with Gasteiger partial charge in [0.2, 0.25) is 5.78 Å². The molecule has 15 aliphatic rings. The molecule has 12 bridgehead atoms. The molecular weight excluding hydrogens is 1040 g/mol. The Kier molecular flexibility index (Phi) is 11.9. The Balaban J connectivity index is 0.000000112. The zero-order valence-corrected chi connectivity index (χ0v) is 45.3. The van der Waals surface area contributed by atoms with Crippen molar-refractivity contribution < 1.29 is 57.2 Å². The Bertz CT molecular complexity index is 3320. The topological polar surface area (TPSA) is 158 Å². The fourth-order valence-electron chi connectivity index (χ4n) is 15.5. The van der Waals surface area contributed by atoms with E-state index in [0.717, 1.165) is 10.9 Å². The van der Waals surface area contributed by atoms with E-state index in [4.69, 9.17) is 28.4 Å². The number of carbonyl (C=O) groups is 6. The van der Waals surface area contributed by atoms with Gasteiger partial charge in [-0.15, -0.1) is 19.7 Å². The van der Waals surface area contributed by atoms with Gasteiger partial charge in [0.05, 0.1) is 35.5 Å². The van der Waals surface area contributed by atoms with Crippen molar-refractivity contribution in [2.75, 3.05) is 18.5 Å². The molecule has 12 nitrogen and oxygen atoms in total. The Morgan fingerprint density at radius 2 is 1.16 bits per heavy atom. The van der Waals surface area contributed by atoms with Crippen LogP contribution in [0, 0.1) is 35.5 Å². The number of hydrogen-bond acceptors (Lipinski definition) is 12. The van der Waals surface area contributed by atoms with Gasteiger partial charge in [-0.25, -0.2) is 0 Å². The van der Waals surface area contributed by atoms with Crippen LogP contribution in [0.2, 0.25) is 0 Å². The zero-order chi connectivity index (χ0) is 54.2. The number of hydrogen-bond donors (Lipinski definition) is 0. The van der Waals surface area contributed by atoms with E-state index >= 15 is 0 Å². The minimum absolute atomic E-state index is 0.0260. The van der Waals surface area contributed by atoms with Crippen molar-refractivity contribution in [2.24, 2.45) is 35.5 Å². The fraction of sp³-hybridized carbons (Fsp3) is 0.406. The number of ketones is 6. The molecule has 77 heavy (non-hydrogen) atoms. The molecule has 0 amide bonds. The predicted octanol–water partition coefficient (Wildman–Crippen LogP) is 10.6. The summed E-state index contributed by atoms with van der Waals surface area (Å²) in [4.78, 5) is 79.3. The second kappa shape index (κ2) is 17.8. The van der Waals surface area contributed by atoms with Gasteiger partial charge in [-0.2, -0.15) is 0 Å². The fourth-order valence-corrected chi connectivity index (χ4v) is 15.5. The Labute approximate surface area is 456 Å². The number of rotatable bonds is 7. The molecule has 3 saturated carbocycles. The maximum Gasteiger partial charge on any atom is 0.213 e. The van der Waals surface area contributed by atoms with E-state index in [1.165, 1.54) is 0 Å². The van der Waals surface area contributed by atoms with Crippen molar-refractivity contribution in [2.45, 2.75) is 105 Å². The molecule has 3 spiro atoms. The van der Waals surface area contributed by atoms with Gasteiger partial charge in [0.15, 0.2) is 56.9 Å². The van der Waals surface area contributed by atoms with Crippen LogP contribution in [0.4, 0.5) is 0 Å². The number of benzene rings is 3. The molecular formula is C64H61BrO12. The first-order valence-corrected chi connectivity index (χ1v) is 27.8. The number of para-hydroxylation sites is 3. The third-order valence-electron chi connectivity index (χ3n) is 18.5. The molecule has 3 saturated heterocycles. The lowest BCUT2D eigenvalue weighted by Gasteiger charge is -2.56. The van der Waals surface area contributed by atoms with Crippen LogP contribution in [0.1, 0.15) is 97.3 Å². The van der Waals surface area contributed by atoms with Crippen molar-refractivity contribution in [1.29, 1.82) is 0 Å². The highest BCUT2D eigenvalue weighted by atomic mass is 79.9. The molecule has 0 radical (unpaired) electrons. The summed E-state index contributed by atoms with van der Waals surface area (Å²) in [6, 6.07) is 21.7. The molecule has 3 aromatic rings. The zero-order valence-electron chi connectivity index (χ0n) is 43.7. The summed E-state index contributed by atoms with van der Waals surface area (Å²) in [7, 11) is 0. The van der Waals surface area contributed by atoms with E-state index in [2.05, 4.69) is 35.7 Å². The lowest BCUT2D eigenvalue weighted by molar-refractivity contribution is -0.171. The molecule has 396 valence electrons. The Hall–Kier alpha value is -6.38. The minimum Gasteiger partial charge on any atom is -0.478 e. The maximum absolute atomic E-state index is 13.5. The normalized spacial score (nSPS) is 36.9. The average molecular weight is 1100 g/mol. The highest BCUT2D eigenvalue weighted by Crippen LogP contribution is 2.68. The second-order valence-electron chi connectivity index (χ2n) is 23.1. The highest BCUT2D eigenvalue weighted by Gasteiger charge is 2.81. The van der Waals surface area contributed by atoms with Crippen LogP contribution in [0.5, 0.6) is 17.2 Å². The highest BCUT2D eigenvalue weighted by molar-refractivity contribution is 9.09. The van der Waals surface area contributed by atoms with Crippen LogP contribution in [-0.4, -0.2) is 92.5 Å². The van der Waals surface area contributed by atoms with Crippen molar-refractivity contribution >= 4 is 50.6 Å². The first-order chi connectivity index (χ1) is 36.9. The first kappa shape index (κ1) is 51.4. The molecule has 0 N–H and O–H groups in total. The summed E-state index contributed by atoms with van der Waals surface area (Å²) in [6.45, 7) is 20.1. The number of alkyl halides is 1. The number of ether oxygens (including phenoxy) is 6. The monoisotopic (exact) mass is 1100 g/mol. The van der Waals surface area contributed by atoms with Crippen LogP contribution in [-0.2, 0) is 28.6 Å². The summed E-state index contributed by atoms with van der Waals surface area (Å²) in [5, 5.41) is 0.896. The molecule has 9 aliphatic carbocycles. The molecule has 3 aromatic carbocycles. The third-order valence-corrected chi connectivity index (χ3v) is 19.0. The van der Waals surface area contributed by atoms with E-state index in [1.54, 1.807) is 48.6 Å². The Morgan fingerprint density at radius 3 is 1.74 bits per heavy atom. The molecule has 12 unspecified atom stereocenters. The van der Waals surface area contributed by atoms with Gasteiger partial charge >= 0.3 is 0 Å². The molecule has 13 heteroatoms. The molecule has 6 fully saturated rings. The van der Waals surface area contributed by atoms with Crippen LogP contribution >= 0.6 is 15.9 Å². The minimum atomic E-state index is -1.18. The van der Waals surface area contributed by atoms with Crippen LogP contribution in [0.3, 0.4) is 0 Å². The number of fused-ring (bicyclic) bond motifs is 3. The van der Waals surface area contributed by atoms with Crippen LogP contribution in [0.15, 0.2) is 157 Å². The third kappa shape index (κ3) is 6.60. The predicted molar refractivity (Wildman–Crippen MR) is 289 cm³/mol. The summed E-state index contributed by atoms with van der Waals surface area (Å²) in [5.41, 5.74) is -2.37. The van der Waals surface area contributed by atoms with Crippen molar-refractivity contribution in [3.8, 4) is 17.2 Å². The van der Waals surface area contributed by atoms with Gasteiger partial charge in [-0.1, -0.05) is 100 Å². The quantitative estimate of drug-likeness (QED) is 0.163. The molecule has 6 heterocycles. The summed E-state index contributed by atoms with van der Waals surface area (Å²) >= 11 is 3.13. The molecule has 6 aliphatic heterocycles. The van der Waals surface area contributed by atoms with Crippen molar-refractivity contribution in [3.63, 3.8) is 0 Å². The number of Topliss-reactive ketones (excluding diaryl/α,β-unsaturated/α-hetero) is 6.